The lowest BCUT2D eigenvalue weighted by Crippen LogP contribution is -2.33. The van der Waals surface area contributed by atoms with Gasteiger partial charge in [-0.25, -0.2) is 4.99 Å². The van der Waals surface area contributed by atoms with Crippen molar-refractivity contribution in [2.24, 2.45) is 4.99 Å². The molecule has 0 radical (unpaired) electrons. The maximum absolute atomic E-state index is 5.11. The monoisotopic (exact) mass is 685 g/mol. The molecule has 0 saturated carbocycles. The summed E-state index contributed by atoms with van der Waals surface area (Å²) in [7, 11) is 0. The molecule has 2 rings (SSSR count). The van der Waals surface area contributed by atoms with Crippen molar-refractivity contribution < 1.29 is 0 Å². The lowest BCUT2D eigenvalue weighted by Gasteiger charge is -2.30. The van der Waals surface area contributed by atoms with Crippen LogP contribution >= 0.6 is 0 Å². The highest BCUT2D eigenvalue weighted by molar-refractivity contribution is 7.59. The molecule has 0 fully saturated rings. The zero-order valence-corrected chi connectivity index (χ0v) is 33.4. The second kappa shape index (κ2) is 25.2. The fourth-order valence-corrected chi connectivity index (χ4v) is 6.94. The van der Waals surface area contributed by atoms with Crippen LogP contribution in [0.15, 0.2) is 52.0 Å². The normalized spacial score (nSPS) is 14.3. The van der Waals surface area contributed by atoms with Crippen LogP contribution in [0, 0.1) is 0 Å². The van der Waals surface area contributed by atoms with E-state index in [1.54, 1.807) is 0 Å². The van der Waals surface area contributed by atoms with Gasteiger partial charge in [0, 0.05) is 55.8 Å². The minimum atomic E-state index is 0.866. The van der Waals surface area contributed by atoms with Gasteiger partial charge >= 0.3 is 0 Å². The van der Waals surface area contributed by atoms with Gasteiger partial charge in [-0.2, -0.15) is 0 Å². The van der Waals surface area contributed by atoms with Gasteiger partial charge in [-0.05, 0) is 141 Å². The van der Waals surface area contributed by atoms with E-state index in [0.717, 1.165) is 127 Å². The SMILES string of the molecule is CCN(CC)CCCN(CCCN(CC)CC)C1=CCC(=Nc2ccc(N(CCCN(CC)CC)CCCN(CC)CC)cc2[SH2+])C=C1. The number of benzene rings is 1. The van der Waals surface area contributed by atoms with Crippen molar-refractivity contribution in [2.45, 2.75) is 92.4 Å². The number of hydrogen-bond acceptors (Lipinski definition) is 7. The molecule has 0 unspecified atom stereocenters. The summed E-state index contributed by atoms with van der Waals surface area (Å²) in [5.41, 5.74) is 4.77. The molecule has 1 aliphatic carbocycles. The van der Waals surface area contributed by atoms with Gasteiger partial charge in [0.2, 0.25) is 0 Å². The van der Waals surface area contributed by atoms with Gasteiger partial charge in [0.15, 0.2) is 4.90 Å². The van der Waals surface area contributed by atoms with Crippen LogP contribution in [0.2, 0.25) is 0 Å². The summed E-state index contributed by atoms with van der Waals surface area (Å²) in [6.07, 6.45) is 12.5. The Morgan fingerprint density at radius 3 is 1.31 bits per heavy atom. The minimum Gasteiger partial charge on any atom is -0.372 e. The van der Waals surface area contributed by atoms with Crippen molar-refractivity contribution in [3.8, 4) is 0 Å². The highest BCUT2D eigenvalue weighted by atomic mass is 32.1. The van der Waals surface area contributed by atoms with Crippen molar-refractivity contribution in [3.05, 3.63) is 42.1 Å². The molecule has 1 aliphatic rings. The fourth-order valence-electron chi connectivity index (χ4n) is 6.66. The Morgan fingerprint density at radius 2 is 0.958 bits per heavy atom. The summed E-state index contributed by atoms with van der Waals surface area (Å²) in [5, 5.41) is 0. The van der Waals surface area contributed by atoms with Gasteiger partial charge in [-0.15, -0.1) is 0 Å². The molecule has 0 atom stereocenters. The van der Waals surface area contributed by atoms with E-state index < -0.39 is 0 Å². The predicted molar refractivity (Wildman–Crippen MR) is 217 cm³/mol. The van der Waals surface area contributed by atoms with Gasteiger partial charge in [-0.3, -0.25) is 0 Å². The molecule has 8 heteroatoms. The molecule has 1 aromatic rings. The number of nitrogens with zero attached hydrogens (tertiary/aromatic N) is 7. The quantitative estimate of drug-likeness (QED) is 0.0928. The number of allylic oxidation sites excluding steroid dienone is 3. The molecule has 0 heterocycles. The maximum Gasteiger partial charge on any atom is 0.178 e. The standard InChI is InChI=1S/C40H73N7S/c1-9-42(10-2)27-17-31-46(32-18-28-43(11-3)12-4)37-23-21-36(22-24-37)41-39-26-25-38(35-40(39)48)47(33-19-29-44(13-5)14-6)34-20-30-45(15-7)16-8/h21,23-26,35,48H,9-20,22,27-34H2,1-8H3/p+1. The molecular formula is C40H74N7S+. The Labute approximate surface area is 302 Å². The Kier molecular flexibility index (Phi) is 22.2. The third-order valence-corrected chi connectivity index (χ3v) is 10.5. The topological polar surface area (TPSA) is 31.8 Å². The highest BCUT2D eigenvalue weighted by Crippen LogP contribution is 2.27. The molecule has 0 saturated heterocycles. The zero-order chi connectivity index (χ0) is 35.1. The predicted octanol–water partition coefficient (Wildman–Crippen LogP) is 7.01. The van der Waals surface area contributed by atoms with Gasteiger partial charge < -0.3 is 29.4 Å². The molecule has 0 N–H and O–H groups in total. The van der Waals surface area contributed by atoms with Gasteiger partial charge in [0.05, 0.1) is 0 Å². The largest absolute Gasteiger partial charge is 0.372 e. The molecule has 0 aromatic heterocycles. The molecule has 7 nitrogen and oxygen atoms in total. The Morgan fingerprint density at radius 1 is 0.542 bits per heavy atom. The van der Waals surface area contributed by atoms with E-state index in [4.69, 9.17) is 4.99 Å². The van der Waals surface area contributed by atoms with Crippen LogP contribution in [-0.2, 0) is 12.6 Å². The van der Waals surface area contributed by atoms with Crippen LogP contribution in [0.1, 0.15) is 87.5 Å². The Balaban J connectivity index is 2.12. The second-order valence-electron chi connectivity index (χ2n) is 13.0. The van der Waals surface area contributed by atoms with Crippen molar-refractivity contribution in [1.82, 2.24) is 24.5 Å². The van der Waals surface area contributed by atoms with E-state index in [-0.39, 0.29) is 0 Å². The average molecular weight is 685 g/mol. The zero-order valence-electron chi connectivity index (χ0n) is 32.4. The van der Waals surface area contributed by atoms with E-state index in [9.17, 15) is 0 Å². The lowest BCUT2D eigenvalue weighted by molar-refractivity contribution is 0.249. The number of aliphatic imine (C=N–C) groups is 1. The van der Waals surface area contributed by atoms with Crippen LogP contribution in [0.25, 0.3) is 0 Å². The summed E-state index contributed by atoms with van der Waals surface area (Å²) in [5.74, 6) is 0. The first kappa shape index (κ1) is 42.3. The highest BCUT2D eigenvalue weighted by Gasteiger charge is 2.15. The first-order valence-corrected chi connectivity index (χ1v) is 20.1. The summed E-state index contributed by atoms with van der Waals surface area (Å²) in [6.45, 7) is 36.1. The average Bonchev–Trinajstić information content (AvgIpc) is 3.11. The van der Waals surface area contributed by atoms with Crippen LogP contribution in [0.4, 0.5) is 11.4 Å². The molecule has 0 amide bonds. The van der Waals surface area contributed by atoms with Crippen molar-refractivity contribution in [1.29, 1.82) is 0 Å². The van der Waals surface area contributed by atoms with Crippen LogP contribution in [0.5, 0.6) is 0 Å². The summed E-state index contributed by atoms with van der Waals surface area (Å²) < 4.78 is 0. The fraction of sp³-hybridized carbons (Fsp3) is 0.725. The van der Waals surface area contributed by atoms with Gasteiger partial charge in [-0.1, -0.05) is 61.5 Å². The van der Waals surface area contributed by atoms with Crippen molar-refractivity contribution in [3.63, 3.8) is 0 Å². The van der Waals surface area contributed by atoms with E-state index in [1.165, 1.54) is 37.1 Å². The first-order chi connectivity index (χ1) is 23.3. The molecule has 48 heavy (non-hydrogen) atoms. The molecular weight excluding hydrogens is 611 g/mol. The third kappa shape index (κ3) is 15.4. The van der Waals surface area contributed by atoms with Crippen LogP contribution in [-0.4, -0.2) is 135 Å². The first-order valence-electron chi connectivity index (χ1n) is 19.6. The lowest BCUT2D eigenvalue weighted by atomic mass is 10.1. The maximum atomic E-state index is 5.11. The van der Waals surface area contributed by atoms with Gasteiger partial charge in [0.25, 0.3) is 0 Å². The van der Waals surface area contributed by atoms with Crippen molar-refractivity contribution >= 4 is 29.7 Å². The van der Waals surface area contributed by atoms with E-state index in [0.29, 0.717) is 0 Å². The Hall–Kier alpha value is -1.84. The van der Waals surface area contributed by atoms with Crippen molar-refractivity contribution in [2.75, 3.05) is 110 Å². The minimum absolute atomic E-state index is 0.866. The smallest absolute Gasteiger partial charge is 0.178 e. The molecule has 0 aliphatic heterocycles. The van der Waals surface area contributed by atoms with Crippen LogP contribution in [0.3, 0.4) is 0 Å². The molecule has 1 aromatic carbocycles. The summed E-state index contributed by atoms with van der Waals surface area (Å²) in [6, 6.07) is 6.76. The second-order valence-corrected chi connectivity index (χ2v) is 13.5. The summed E-state index contributed by atoms with van der Waals surface area (Å²) >= 11 is 3.96. The Bertz CT molecular complexity index is 1040. The van der Waals surface area contributed by atoms with E-state index >= 15 is 0 Å². The van der Waals surface area contributed by atoms with Crippen LogP contribution < -0.4 is 4.90 Å². The number of anilines is 1. The van der Waals surface area contributed by atoms with Gasteiger partial charge in [0.1, 0.15) is 5.69 Å². The number of hydrogen-bond donors (Lipinski definition) is 0. The summed E-state index contributed by atoms with van der Waals surface area (Å²) in [4.78, 5) is 21.5. The van der Waals surface area contributed by atoms with E-state index in [1.807, 2.05) is 0 Å². The molecule has 0 spiro atoms. The molecule has 0 bridgehead atoms. The third-order valence-electron chi connectivity index (χ3n) is 10.1. The molecule has 274 valence electrons. The van der Waals surface area contributed by atoms with E-state index in [2.05, 4.69) is 134 Å². The number of rotatable bonds is 27.